The highest BCUT2D eigenvalue weighted by Gasteiger charge is 2.11. The van der Waals surface area contributed by atoms with Crippen molar-refractivity contribution in [3.63, 3.8) is 0 Å². The van der Waals surface area contributed by atoms with E-state index in [1.54, 1.807) is 14.2 Å². The van der Waals surface area contributed by atoms with Crippen molar-refractivity contribution < 1.29 is 23.7 Å². The lowest BCUT2D eigenvalue weighted by Gasteiger charge is -2.21. The van der Waals surface area contributed by atoms with Crippen LogP contribution in [0.15, 0.2) is 12.4 Å². The summed E-state index contributed by atoms with van der Waals surface area (Å²) in [5.74, 6) is 0. The molecule has 0 saturated carbocycles. The van der Waals surface area contributed by atoms with E-state index in [1.807, 2.05) is 0 Å². The molecule has 0 aromatic rings. The first-order valence-corrected chi connectivity index (χ1v) is 7.74. The van der Waals surface area contributed by atoms with E-state index < -0.39 is 0 Å². The normalized spacial score (nSPS) is 13.7. The third-order valence-corrected chi connectivity index (χ3v) is 3.13. The van der Waals surface area contributed by atoms with Gasteiger partial charge in [-0.1, -0.05) is 0 Å². The highest BCUT2D eigenvalue weighted by Crippen LogP contribution is 2.05. The van der Waals surface area contributed by atoms with E-state index >= 15 is 0 Å². The maximum Gasteiger partial charge on any atom is 0.0895 e. The molecule has 23 heavy (non-hydrogen) atoms. The van der Waals surface area contributed by atoms with Gasteiger partial charge >= 0.3 is 0 Å². The number of ether oxygens (including phenoxy) is 5. The maximum absolute atomic E-state index is 5.54. The van der Waals surface area contributed by atoms with Gasteiger partial charge < -0.3 is 33.5 Å². The van der Waals surface area contributed by atoms with Crippen LogP contribution in [0.2, 0.25) is 0 Å². The SMILES string of the molecule is COCCOCCOCCN1C=CN(CCOCCOC)C1.I. The van der Waals surface area contributed by atoms with Gasteiger partial charge in [0, 0.05) is 39.7 Å². The fourth-order valence-electron chi connectivity index (χ4n) is 1.88. The molecule has 0 saturated heterocycles. The van der Waals surface area contributed by atoms with Gasteiger partial charge in [0.25, 0.3) is 0 Å². The van der Waals surface area contributed by atoms with Gasteiger partial charge in [-0.3, -0.25) is 0 Å². The molecule has 1 heterocycles. The Bertz CT molecular complexity index is 285. The van der Waals surface area contributed by atoms with Crippen molar-refractivity contribution in [1.29, 1.82) is 0 Å². The van der Waals surface area contributed by atoms with Crippen molar-refractivity contribution in [3.8, 4) is 0 Å². The monoisotopic (exact) mass is 446 g/mol. The Labute approximate surface area is 156 Å². The van der Waals surface area contributed by atoms with E-state index in [0.29, 0.717) is 46.2 Å². The van der Waals surface area contributed by atoms with Gasteiger partial charge in [0.1, 0.15) is 0 Å². The number of hydrogen-bond acceptors (Lipinski definition) is 7. The van der Waals surface area contributed by atoms with Crippen molar-refractivity contribution in [3.05, 3.63) is 12.4 Å². The molecule has 0 unspecified atom stereocenters. The van der Waals surface area contributed by atoms with Crippen LogP contribution in [0, 0.1) is 0 Å². The molecule has 0 atom stereocenters. The molecule has 7 nitrogen and oxygen atoms in total. The fraction of sp³-hybridized carbons (Fsp3) is 0.867. The highest BCUT2D eigenvalue weighted by molar-refractivity contribution is 14.0. The standard InChI is InChI=1S/C15H30N2O5.HI/c1-18-9-11-20-7-5-16-3-4-17(15-16)6-8-21-13-14-22-12-10-19-2;/h3-4H,5-15H2,1-2H3;1H. The van der Waals surface area contributed by atoms with Crippen molar-refractivity contribution in [2.24, 2.45) is 0 Å². The summed E-state index contributed by atoms with van der Waals surface area (Å²) < 4.78 is 26.1. The third kappa shape index (κ3) is 12.9. The first-order chi connectivity index (χ1) is 10.9. The second kappa shape index (κ2) is 16.7. The largest absolute Gasteiger partial charge is 0.382 e. The van der Waals surface area contributed by atoms with Crippen LogP contribution in [-0.4, -0.2) is 96.6 Å². The van der Waals surface area contributed by atoms with Crippen LogP contribution in [-0.2, 0) is 23.7 Å². The quantitative estimate of drug-likeness (QED) is 0.275. The van der Waals surface area contributed by atoms with Crippen molar-refractivity contribution in [2.45, 2.75) is 0 Å². The van der Waals surface area contributed by atoms with E-state index in [2.05, 4.69) is 22.2 Å². The minimum Gasteiger partial charge on any atom is -0.382 e. The Balaban J connectivity index is 0.00000484. The zero-order chi connectivity index (χ0) is 15.9. The summed E-state index contributed by atoms with van der Waals surface area (Å²) in [6.07, 6.45) is 4.18. The molecule has 0 aliphatic carbocycles. The van der Waals surface area contributed by atoms with Gasteiger partial charge in [0.2, 0.25) is 0 Å². The van der Waals surface area contributed by atoms with E-state index in [-0.39, 0.29) is 24.0 Å². The minimum atomic E-state index is 0. The second-order valence-corrected chi connectivity index (χ2v) is 4.89. The molecule has 1 aliphatic heterocycles. The molecule has 0 aromatic carbocycles. The molecule has 0 fully saturated rings. The molecule has 1 aliphatic rings. The third-order valence-electron chi connectivity index (χ3n) is 3.13. The molecular formula is C15H31IN2O5. The van der Waals surface area contributed by atoms with Crippen LogP contribution < -0.4 is 0 Å². The Kier molecular flexibility index (Phi) is 16.6. The minimum absolute atomic E-state index is 0. The molecule has 0 radical (unpaired) electrons. The van der Waals surface area contributed by atoms with E-state index in [4.69, 9.17) is 23.7 Å². The fourth-order valence-corrected chi connectivity index (χ4v) is 1.88. The summed E-state index contributed by atoms with van der Waals surface area (Å²) in [5.41, 5.74) is 0. The van der Waals surface area contributed by atoms with E-state index in [9.17, 15) is 0 Å². The summed E-state index contributed by atoms with van der Waals surface area (Å²) >= 11 is 0. The molecule has 138 valence electrons. The van der Waals surface area contributed by atoms with Gasteiger partial charge in [-0.25, -0.2) is 0 Å². The number of methoxy groups -OCH3 is 2. The molecule has 0 spiro atoms. The van der Waals surface area contributed by atoms with E-state index in [1.165, 1.54) is 0 Å². The lowest BCUT2D eigenvalue weighted by molar-refractivity contribution is 0.0205. The Morgan fingerprint density at radius 1 is 0.652 bits per heavy atom. The smallest absolute Gasteiger partial charge is 0.0895 e. The summed E-state index contributed by atoms with van der Waals surface area (Å²) in [6, 6.07) is 0. The topological polar surface area (TPSA) is 52.6 Å². The number of nitrogens with zero attached hydrogens (tertiary/aromatic N) is 2. The number of halogens is 1. The predicted molar refractivity (Wildman–Crippen MR) is 99.0 cm³/mol. The molecular weight excluding hydrogens is 415 g/mol. The van der Waals surface area contributed by atoms with Gasteiger partial charge in [-0.2, -0.15) is 0 Å². The van der Waals surface area contributed by atoms with Gasteiger partial charge in [-0.05, 0) is 0 Å². The van der Waals surface area contributed by atoms with Crippen molar-refractivity contribution >= 4 is 24.0 Å². The predicted octanol–water partition coefficient (Wildman–Crippen LogP) is 0.993. The summed E-state index contributed by atoms with van der Waals surface area (Å²) in [6.45, 7) is 7.88. The van der Waals surface area contributed by atoms with Crippen LogP contribution >= 0.6 is 24.0 Å². The zero-order valence-electron chi connectivity index (χ0n) is 14.3. The summed E-state index contributed by atoms with van der Waals surface area (Å²) in [5, 5.41) is 0. The lowest BCUT2D eigenvalue weighted by atomic mass is 10.6. The zero-order valence-corrected chi connectivity index (χ0v) is 16.6. The van der Waals surface area contributed by atoms with Crippen molar-refractivity contribution in [1.82, 2.24) is 9.80 Å². The molecule has 0 N–H and O–H groups in total. The van der Waals surface area contributed by atoms with Gasteiger partial charge in [-0.15, -0.1) is 24.0 Å². The average Bonchev–Trinajstić information content (AvgIpc) is 2.97. The van der Waals surface area contributed by atoms with Crippen LogP contribution in [0.3, 0.4) is 0 Å². The Morgan fingerprint density at radius 2 is 1.04 bits per heavy atom. The molecule has 8 heteroatoms. The van der Waals surface area contributed by atoms with Gasteiger partial charge in [0.05, 0.1) is 59.5 Å². The molecule has 0 amide bonds. The molecule has 1 rings (SSSR count). The van der Waals surface area contributed by atoms with Crippen LogP contribution in [0.25, 0.3) is 0 Å². The average molecular weight is 446 g/mol. The molecule has 0 aromatic heterocycles. The number of rotatable bonds is 15. The highest BCUT2D eigenvalue weighted by atomic mass is 127. The first kappa shape index (κ1) is 22.9. The van der Waals surface area contributed by atoms with Crippen LogP contribution in [0.5, 0.6) is 0 Å². The Morgan fingerprint density at radius 3 is 1.48 bits per heavy atom. The maximum atomic E-state index is 5.54. The van der Waals surface area contributed by atoms with Crippen molar-refractivity contribution in [2.75, 3.05) is 86.8 Å². The Hall–Kier alpha value is -0.130. The molecule has 0 bridgehead atoms. The van der Waals surface area contributed by atoms with E-state index in [0.717, 1.165) is 26.4 Å². The first-order valence-electron chi connectivity index (χ1n) is 7.74. The summed E-state index contributed by atoms with van der Waals surface area (Å²) in [7, 11) is 3.34. The van der Waals surface area contributed by atoms with Crippen LogP contribution in [0.1, 0.15) is 0 Å². The van der Waals surface area contributed by atoms with Crippen LogP contribution in [0.4, 0.5) is 0 Å². The number of hydrogen-bond donors (Lipinski definition) is 0. The second-order valence-electron chi connectivity index (χ2n) is 4.89. The van der Waals surface area contributed by atoms with Gasteiger partial charge in [0.15, 0.2) is 0 Å². The lowest BCUT2D eigenvalue weighted by Crippen LogP contribution is -2.30. The summed E-state index contributed by atoms with van der Waals surface area (Å²) in [4.78, 5) is 4.45.